The summed E-state index contributed by atoms with van der Waals surface area (Å²) in [4.78, 5) is 50.4. The van der Waals surface area contributed by atoms with E-state index in [4.69, 9.17) is 9.15 Å². The highest BCUT2D eigenvalue weighted by atomic mass is 16.5. The number of ketones is 1. The van der Waals surface area contributed by atoms with Crippen LogP contribution < -0.4 is 10.3 Å². The van der Waals surface area contributed by atoms with E-state index in [9.17, 15) is 29.4 Å². The van der Waals surface area contributed by atoms with Gasteiger partial charge in [0.2, 0.25) is 0 Å². The SMILES string of the molecule is O=C(CC(CCn1nnc2ccccc2c1=O)(C(=O)O)C(=O)O)c1cc2cc(OCCC3CCCC3)ccc2o1. The number of rotatable bonds is 12. The molecule has 11 heteroatoms. The largest absolute Gasteiger partial charge is 0.494 e. The number of aliphatic carboxylic acids is 2. The maximum Gasteiger partial charge on any atom is 0.321 e. The number of furan rings is 1. The molecule has 0 aliphatic heterocycles. The van der Waals surface area contributed by atoms with Crippen LogP contribution in [0.25, 0.3) is 21.9 Å². The van der Waals surface area contributed by atoms with Gasteiger partial charge in [-0.3, -0.25) is 19.2 Å². The van der Waals surface area contributed by atoms with Crippen LogP contribution in [-0.2, 0) is 16.1 Å². The molecule has 0 radical (unpaired) electrons. The molecular weight excluding hydrogens is 518 g/mol. The number of nitrogens with zero attached hydrogens (tertiary/aromatic N) is 3. The highest BCUT2D eigenvalue weighted by Gasteiger charge is 2.48. The Morgan fingerprint density at radius 1 is 1.05 bits per heavy atom. The lowest BCUT2D eigenvalue weighted by molar-refractivity contribution is -0.165. The fourth-order valence-electron chi connectivity index (χ4n) is 5.26. The van der Waals surface area contributed by atoms with Crippen molar-refractivity contribution in [2.75, 3.05) is 6.61 Å². The zero-order valence-electron chi connectivity index (χ0n) is 21.7. The molecule has 2 N–H and O–H groups in total. The average molecular weight is 548 g/mol. The van der Waals surface area contributed by atoms with Crippen LogP contribution >= 0.6 is 0 Å². The molecule has 0 saturated heterocycles. The van der Waals surface area contributed by atoms with Gasteiger partial charge in [0.1, 0.15) is 16.8 Å². The summed E-state index contributed by atoms with van der Waals surface area (Å²) in [6.07, 6.45) is 4.53. The van der Waals surface area contributed by atoms with E-state index in [1.807, 2.05) is 0 Å². The van der Waals surface area contributed by atoms with Crippen molar-refractivity contribution in [3.8, 4) is 5.75 Å². The summed E-state index contributed by atoms with van der Waals surface area (Å²) >= 11 is 0. The Bertz CT molecular complexity index is 1620. The topological polar surface area (TPSA) is 162 Å². The molecule has 2 aromatic carbocycles. The number of aryl methyl sites for hydroxylation is 1. The molecule has 4 aromatic rings. The number of carboxylic acids is 2. The Balaban J connectivity index is 1.32. The average Bonchev–Trinajstić information content (AvgIpc) is 3.61. The fraction of sp³-hybridized carbons (Fsp3) is 0.379. The van der Waals surface area contributed by atoms with Crippen molar-refractivity contribution in [2.24, 2.45) is 11.3 Å². The predicted octanol–water partition coefficient (Wildman–Crippen LogP) is 4.32. The molecule has 1 fully saturated rings. The number of hydrogen-bond acceptors (Lipinski definition) is 8. The third kappa shape index (κ3) is 5.45. The number of aromatic nitrogens is 3. The molecule has 0 atom stereocenters. The number of benzene rings is 2. The van der Waals surface area contributed by atoms with Crippen LogP contribution in [0.5, 0.6) is 5.75 Å². The van der Waals surface area contributed by atoms with Crippen LogP contribution in [0.4, 0.5) is 0 Å². The minimum Gasteiger partial charge on any atom is -0.494 e. The number of Topliss-reactive ketones (excluding diaryl/α,β-unsaturated/α-hetero) is 1. The van der Waals surface area contributed by atoms with Crippen LogP contribution in [-0.4, -0.2) is 49.5 Å². The van der Waals surface area contributed by atoms with Gasteiger partial charge in [0.25, 0.3) is 5.56 Å². The lowest BCUT2D eigenvalue weighted by atomic mass is 9.79. The van der Waals surface area contributed by atoms with E-state index in [0.29, 0.717) is 34.8 Å². The summed E-state index contributed by atoms with van der Waals surface area (Å²) in [5.74, 6) is -3.04. The number of fused-ring (bicyclic) bond motifs is 2. The van der Waals surface area contributed by atoms with Crippen LogP contribution in [0, 0.1) is 11.3 Å². The summed E-state index contributed by atoms with van der Waals surface area (Å²) < 4.78 is 12.4. The summed E-state index contributed by atoms with van der Waals surface area (Å²) in [5.41, 5.74) is -2.31. The van der Waals surface area contributed by atoms with Gasteiger partial charge in [-0.2, -0.15) is 0 Å². The minimum absolute atomic E-state index is 0.160. The first-order valence-electron chi connectivity index (χ1n) is 13.3. The highest BCUT2D eigenvalue weighted by molar-refractivity contribution is 6.06. The minimum atomic E-state index is -2.52. The number of hydrogen-bond donors (Lipinski definition) is 2. The Kier molecular flexibility index (Phi) is 7.63. The summed E-state index contributed by atoms with van der Waals surface area (Å²) in [6, 6.07) is 13.1. The van der Waals surface area contributed by atoms with Gasteiger partial charge in [0.05, 0.1) is 12.0 Å². The van der Waals surface area contributed by atoms with Crippen molar-refractivity contribution in [1.29, 1.82) is 0 Å². The van der Waals surface area contributed by atoms with Crippen molar-refractivity contribution in [1.82, 2.24) is 15.0 Å². The molecule has 0 spiro atoms. The van der Waals surface area contributed by atoms with Gasteiger partial charge in [0.15, 0.2) is 17.0 Å². The van der Waals surface area contributed by atoms with Crippen LogP contribution in [0.15, 0.2) is 57.7 Å². The predicted molar refractivity (Wildman–Crippen MR) is 143 cm³/mol. The van der Waals surface area contributed by atoms with E-state index in [-0.39, 0.29) is 17.7 Å². The molecule has 0 unspecified atom stereocenters. The third-order valence-electron chi connectivity index (χ3n) is 7.69. The first-order chi connectivity index (χ1) is 19.3. The standard InChI is InChI=1S/C29H29N3O8/c33-23(25-16-19-15-20(9-10-24(19)40-25)39-14-11-18-5-1-2-6-18)17-29(27(35)36,28(37)38)12-13-32-26(34)21-7-3-4-8-22(21)30-31-32/h3-4,7-10,15-16,18H,1-2,5-6,11-14,17H2,(H,35,36)(H,37,38). The van der Waals surface area contributed by atoms with E-state index in [1.165, 1.54) is 31.7 Å². The van der Waals surface area contributed by atoms with Crippen molar-refractivity contribution in [3.63, 3.8) is 0 Å². The molecule has 11 nitrogen and oxygen atoms in total. The van der Waals surface area contributed by atoms with E-state index < -0.39 is 41.5 Å². The van der Waals surface area contributed by atoms with Gasteiger partial charge in [-0.05, 0) is 55.2 Å². The Labute approximate surface area is 228 Å². The quantitative estimate of drug-likeness (QED) is 0.193. The number of ether oxygens (including phenoxy) is 1. The number of carboxylic acid groups (broad SMARTS) is 2. The van der Waals surface area contributed by atoms with Gasteiger partial charge in [-0.1, -0.05) is 43.0 Å². The van der Waals surface area contributed by atoms with E-state index in [1.54, 1.807) is 42.5 Å². The normalized spacial score (nSPS) is 14.1. The monoisotopic (exact) mass is 547 g/mol. The van der Waals surface area contributed by atoms with E-state index in [0.717, 1.165) is 11.1 Å². The van der Waals surface area contributed by atoms with Gasteiger partial charge in [-0.15, -0.1) is 5.10 Å². The number of carbonyl (C=O) groups excluding carboxylic acids is 1. The fourth-order valence-corrected chi connectivity index (χ4v) is 5.26. The zero-order valence-corrected chi connectivity index (χ0v) is 21.7. The maximum absolute atomic E-state index is 13.1. The Hall–Kier alpha value is -4.54. The van der Waals surface area contributed by atoms with Crippen molar-refractivity contribution >= 4 is 39.6 Å². The molecule has 1 saturated carbocycles. The molecule has 2 aromatic heterocycles. The molecule has 1 aliphatic rings. The van der Waals surface area contributed by atoms with Crippen molar-refractivity contribution in [2.45, 2.75) is 51.5 Å². The van der Waals surface area contributed by atoms with Crippen LogP contribution in [0.3, 0.4) is 0 Å². The third-order valence-corrected chi connectivity index (χ3v) is 7.69. The van der Waals surface area contributed by atoms with Gasteiger partial charge < -0.3 is 19.4 Å². The van der Waals surface area contributed by atoms with Crippen molar-refractivity contribution in [3.05, 3.63) is 64.6 Å². The van der Waals surface area contributed by atoms with Crippen molar-refractivity contribution < 1.29 is 33.8 Å². The first-order valence-corrected chi connectivity index (χ1v) is 13.3. The molecule has 40 heavy (non-hydrogen) atoms. The summed E-state index contributed by atoms with van der Waals surface area (Å²) in [6.45, 7) is 0.217. The highest BCUT2D eigenvalue weighted by Crippen LogP contribution is 2.33. The molecule has 0 amide bonds. The van der Waals surface area contributed by atoms with Gasteiger partial charge >= 0.3 is 11.9 Å². The van der Waals surface area contributed by atoms with E-state index >= 15 is 0 Å². The lowest BCUT2D eigenvalue weighted by Gasteiger charge is -2.23. The summed E-state index contributed by atoms with van der Waals surface area (Å²) in [7, 11) is 0. The first kappa shape index (κ1) is 27.0. The second kappa shape index (κ2) is 11.3. The maximum atomic E-state index is 13.1. The van der Waals surface area contributed by atoms with Gasteiger partial charge in [0, 0.05) is 18.4 Å². The summed E-state index contributed by atoms with van der Waals surface area (Å²) in [5, 5.41) is 28.5. The molecule has 5 rings (SSSR count). The molecular formula is C29H29N3O8. The Morgan fingerprint density at radius 3 is 2.55 bits per heavy atom. The van der Waals surface area contributed by atoms with Crippen LogP contribution in [0.2, 0.25) is 0 Å². The smallest absolute Gasteiger partial charge is 0.321 e. The van der Waals surface area contributed by atoms with Gasteiger partial charge in [-0.25, -0.2) is 4.68 Å². The lowest BCUT2D eigenvalue weighted by Crippen LogP contribution is -2.43. The second-order valence-electron chi connectivity index (χ2n) is 10.3. The number of carbonyl (C=O) groups is 3. The molecule has 208 valence electrons. The molecule has 1 aliphatic carbocycles. The second-order valence-corrected chi connectivity index (χ2v) is 10.3. The molecule has 2 heterocycles. The Morgan fingerprint density at radius 2 is 1.80 bits per heavy atom. The zero-order chi connectivity index (χ0) is 28.3. The molecule has 0 bridgehead atoms. The van der Waals surface area contributed by atoms with E-state index in [2.05, 4.69) is 10.3 Å². The van der Waals surface area contributed by atoms with Crippen LogP contribution in [0.1, 0.15) is 55.5 Å².